The van der Waals surface area contributed by atoms with Gasteiger partial charge in [0.1, 0.15) is 0 Å². The summed E-state index contributed by atoms with van der Waals surface area (Å²) < 4.78 is 1.89. The van der Waals surface area contributed by atoms with E-state index in [0.29, 0.717) is 17.9 Å². The van der Waals surface area contributed by atoms with Gasteiger partial charge in [0.05, 0.1) is 6.20 Å². The number of hydrogen-bond acceptors (Lipinski definition) is 2. The molecule has 1 aromatic heterocycles. The quantitative estimate of drug-likeness (QED) is 0.803. The van der Waals surface area contributed by atoms with Crippen LogP contribution in [0.2, 0.25) is 0 Å². The summed E-state index contributed by atoms with van der Waals surface area (Å²) in [4.78, 5) is 2.52. The van der Waals surface area contributed by atoms with Crippen LogP contribution in [0.15, 0.2) is 36.7 Å². The van der Waals surface area contributed by atoms with Crippen molar-refractivity contribution in [2.24, 2.45) is 13.0 Å². The highest BCUT2D eigenvalue weighted by molar-refractivity contribution is 5.30. The zero-order valence-electron chi connectivity index (χ0n) is 16.7. The van der Waals surface area contributed by atoms with Crippen LogP contribution in [-0.2, 0) is 19.0 Å². The van der Waals surface area contributed by atoms with Gasteiger partial charge in [-0.1, -0.05) is 52.0 Å². The molecule has 0 N–H and O–H groups in total. The zero-order chi connectivity index (χ0) is 18.2. The van der Waals surface area contributed by atoms with Crippen LogP contribution < -0.4 is 0 Å². The van der Waals surface area contributed by atoms with Crippen LogP contribution >= 0.6 is 0 Å². The van der Waals surface area contributed by atoms with E-state index in [4.69, 9.17) is 0 Å². The Morgan fingerprint density at radius 2 is 1.84 bits per heavy atom. The molecule has 1 aliphatic carbocycles. The van der Waals surface area contributed by atoms with Crippen molar-refractivity contribution in [2.45, 2.75) is 64.5 Å². The minimum absolute atomic E-state index is 0.228. The molecule has 25 heavy (non-hydrogen) atoms. The summed E-state index contributed by atoms with van der Waals surface area (Å²) in [6.07, 6.45) is 6.68. The monoisotopic (exact) mass is 339 g/mol. The SMILES string of the molecule is CC1C(c2ccc(C(C)(C)C)cc2)CCC1N(C)Cc1cnn(C)c1. The third kappa shape index (κ3) is 3.98. The molecule has 1 saturated carbocycles. The highest BCUT2D eigenvalue weighted by Crippen LogP contribution is 2.42. The van der Waals surface area contributed by atoms with E-state index in [-0.39, 0.29) is 5.41 Å². The van der Waals surface area contributed by atoms with Crippen molar-refractivity contribution in [3.63, 3.8) is 0 Å². The topological polar surface area (TPSA) is 21.1 Å². The maximum Gasteiger partial charge on any atom is 0.0534 e. The maximum atomic E-state index is 4.30. The van der Waals surface area contributed by atoms with Crippen LogP contribution in [-0.4, -0.2) is 27.8 Å². The van der Waals surface area contributed by atoms with E-state index < -0.39 is 0 Å². The van der Waals surface area contributed by atoms with E-state index in [1.165, 1.54) is 29.5 Å². The molecule has 0 amide bonds. The predicted octanol–water partition coefficient (Wildman–Crippen LogP) is 4.73. The molecular weight excluding hydrogens is 306 g/mol. The van der Waals surface area contributed by atoms with Crippen LogP contribution in [0.4, 0.5) is 0 Å². The molecule has 0 radical (unpaired) electrons. The second-order valence-electron chi connectivity index (χ2n) is 8.92. The zero-order valence-corrected chi connectivity index (χ0v) is 16.7. The van der Waals surface area contributed by atoms with Gasteiger partial charge in [-0.2, -0.15) is 5.10 Å². The second-order valence-corrected chi connectivity index (χ2v) is 8.92. The summed E-state index contributed by atoms with van der Waals surface area (Å²) in [5.74, 6) is 1.36. The van der Waals surface area contributed by atoms with Gasteiger partial charge >= 0.3 is 0 Å². The Morgan fingerprint density at radius 3 is 2.40 bits per heavy atom. The normalized spacial score (nSPS) is 24.2. The van der Waals surface area contributed by atoms with Crippen LogP contribution in [0.5, 0.6) is 0 Å². The molecule has 3 nitrogen and oxygen atoms in total. The third-order valence-electron chi connectivity index (χ3n) is 5.98. The molecule has 0 saturated heterocycles. The van der Waals surface area contributed by atoms with Gasteiger partial charge in [0.15, 0.2) is 0 Å². The fourth-order valence-corrected chi connectivity index (χ4v) is 4.43. The maximum absolute atomic E-state index is 4.30. The number of aromatic nitrogens is 2. The Morgan fingerprint density at radius 1 is 1.16 bits per heavy atom. The fraction of sp³-hybridized carbons (Fsp3) is 0.591. The number of hydrogen-bond donors (Lipinski definition) is 0. The fourth-order valence-electron chi connectivity index (χ4n) is 4.43. The van der Waals surface area contributed by atoms with Gasteiger partial charge in [-0.25, -0.2) is 0 Å². The Bertz CT molecular complexity index is 693. The first-order valence-corrected chi connectivity index (χ1v) is 9.54. The first-order valence-electron chi connectivity index (χ1n) is 9.54. The molecule has 3 rings (SSSR count). The van der Waals surface area contributed by atoms with Gasteiger partial charge < -0.3 is 0 Å². The Kier molecular flexibility index (Phi) is 5.06. The van der Waals surface area contributed by atoms with Crippen LogP contribution in [0.25, 0.3) is 0 Å². The number of rotatable bonds is 4. The summed E-state index contributed by atoms with van der Waals surface area (Å²) in [5, 5.41) is 4.30. The summed E-state index contributed by atoms with van der Waals surface area (Å²) in [7, 11) is 4.25. The van der Waals surface area contributed by atoms with Gasteiger partial charge in [0, 0.05) is 31.4 Å². The Balaban J connectivity index is 1.67. The highest BCUT2D eigenvalue weighted by Gasteiger charge is 2.36. The van der Waals surface area contributed by atoms with E-state index in [1.54, 1.807) is 0 Å². The number of benzene rings is 1. The van der Waals surface area contributed by atoms with Crippen molar-refractivity contribution in [1.82, 2.24) is 14.7 Å². The standard InChI is InChI=1S/C22H33N3/c1-16-20(18-7-9-19(10-8-18)22(2,3)4)11-12-21(16)24(5)14-17-13-23-25(6)15-17/h7-10,13,15-16,20-21H,11-12,14H2,1-6H3. The predicted molar refractivity (Wildman–Crippen MR) is 105 cm³/mol. The lowest BCUT2D eigenvalue weighted by Crippen LogP contribution is -2.34. The lowest BCUT2D eigenvalue weighted by Gasteiger charge is -2.29. The van der Waals surface area contributed by atoms with Gasteiger partial charge in [0.25, 0.3) is 0 Å². The van der Waals surface area contributed by atoms with Gasteiger partial charge in [-0.3, -0.25) is 9.58 Å². The van der Waals surface area contributed by atoms with E-state index in [9.17, 15) is 0 Å². The smallest absolute Gasteiger partial charge is 0.0534 e. The summed E-state index contributed by atoms with van der Waals surface area (Å²) >= 11 is 0. The van der Waals surface area contributed by atoms with Crippen molar-refractivity contribution >= 4 is 0 Å². The third-order valence-corrected chi connectivity index (χ3v) is 5.98. The summed E-state index contributed by atoms with van der Waals surface area (Å²) in [6, 6.07) is 10.0. The van der Waals surface area contributed by atoms with Crippen LogP contribution in [0.1, 0.15) is 63.1 Å². The van der Waals surface area contributed by atoms with Crippen molar-refractivity contribution in [1.29, 1.82) is 0 Å². The van der Waals surface area contributed by atoms with Crippen molar-refractivity contribution in [3.8, 4) is 0 Å². The van der Waals surface area contributed by atoms with Crippen molar-refractivity contribution < 1.29 is 0 Å². The summed E-state index contributed by atoms with van der Waals surface area (Å²) in [5.41, 5.74) is 4.46. The molecule has 2 aromatic rings. The Hall–Kier alpha value is -1.61. The average molecular weight is 340 g/mol. The Labute approximate surface area is 153 Å². The van der Waals surface area contributed by atoms with Crippen molar-refractivity contribution in [2.75, 3.05) is 7.05 Å². The molecule has 1 fully saturated rings. The lowest BCUT2D eigenvalue weighted by atomic mass is 9.83. The van der Waals surface area contributed by atoms with E-state index in [1.807, 2.05) is 17.9 Å². The molecule has 3 heteroatoms. The van der Waals surface area contributed by atoms with Crippen molar-refractivity contribution in [3.05, 3.63) is 53.3 Å². The molecule has 1 heterocycles. The molecule has 0 aliphatic heterocycles. The molecule has 3 unspecified atom stereocenters. The largest absolute Gasteiger partial charge is 0.299 e. The minimum atomic E-state index is 0.228. The molecule has 1 aromatic carbocycles. The first-order chi connectivity index (χ1) is 11.8. The minimum Gasteiger partial charge on any atom is -0.299 e. The van der Waals surface area contributed by atoms with Gasteiger partial charge in [-0.15, -0.1) is 0 Å². The van der Waals surface area contributed by atoms with E-state index in [2.05, 4.69) is 75.2 Å². The molecule has 0 bridgehead atoms. The number of aryl methyl sites for hydroxylation is 1. The lowest BCUT2D eigenvalue weighted by molar-refractivity contribution is 0.193. The molecular formula is C22H33N3. The molecule has 3 atom stereocenters. The highest BCUT2D eigenvalue weighted by atomic mass is 15.2. The molecule has 0 spiro atoms. The van der Waals surface area contributed by atoms with Crippen LogP contribution in [0, 0.1) is 5.92 Å². The number of nitrogens with zero attached hydrogens (tertiary/aromatic N) is 3. The van der Waals surface area contributed by atoms with E-state index >= 15 is 0 Å². The summed E-state index contributed by atoms with van der Waals surface area (Å²) in [6.45, 7) is 10.3. The molecule has 136 valence electrons. The first kappa shape index (κ1) is 18.2. The average Bonchev–Trinajstić information content (AvgIpc) is 3.12. The van der Waals surface area contributed by atoms with E-state index in [0.717, 1.165) is 6.54 Å². The second kappa shape index (κ2) is 6.95. The molecule has 1 aliphatic rings. The van der Waals surface area contributed by atoms with Gasteiger partial charge in [0.2, 0.25) is 0 Å². The van der Waals surface area contributed by atoms with Crippen LogP contribution in [0.3, 0.4) is 0 Å². The van der Waals surface area contributed by atoms with Gasteiger partial charge in [-0.05, 0) is 48.3 Å².